The number of aryl methyl sites for hydroxylation is 2. The molecule has 0 saturated heterocycles. The Morgan fingerprint density at radius 2 is 1.76 bits per heavy atom. The number of imidazole rings is 1. The lowest BCUT2D eigenvalue weighted by molar-refractivity contribution is 0.0903. The van der Waals surface area contributed by atoms with Gasteiger partial charge in [-0.15, -0.1) is 9.05 Å². The predicted molar refractivity (Wildman–Crippen MR) is 124 cm³/mol. The third kappa shape index (κ3) is 6.68. The largest absolute Gasteiger partial charge is 0.697 e. The zero-order chi connectivity index (χ0) is 23.6. The van der Waals surface area contributed by atoms with Crippen LogP contribution in [-0.2, 0) is 45.1 Å². The van der Waals surface area contributed by atoms with E-state index < -0.39 is 19.5 Å². The highest BCUT2D eigenvalue weighted by atomic mass is 31.1. The van der Waals surface area contributed by atoms with Crippen LogP contribution < -0.4 is 11.2 Å². The summed E-state index contributed by atoms with van der Waals surface area (Å²) in [4.78, 5) is 29.7. The summed E-state index contributed by atoms with van der Waals surface area (Å²) in [5, 5.41) is 0. The van der Waals surface area contributed by atoms with Crippen molar-refractivity contribution in [3.05, 3.63) is 63.1 Å². The summed E-state index contributed by atoms with van der Waals surface area (Å²) >= 11 is 0. The van der Waals surface area contributed by atoms with Crippen molar-refractivity contribution < 1.29 is 18.3 Å². The van der Waals surface area contributed by atoms with Crippen LogP contribution in [0.15, 0.2) is 46.2 Å². The summed E-state index contributed by atoms with van der Waals surface area (Å²) in [5.74, 6) is 0. The Bertz CT molecular complexity index is 1170. The lowest BCUT2D eigenvalue weighted by atomic mass is 10.1. The molecule has 1 atom stereocenters. The quantitative estimate of drug-likeness (QED) is 0.260. The number of fused-ring (bicyclic) bond motifs is 1. The summed E-state index contributed by atoms with van der Waals surface area (Å²) in [6.45, 7) is 3.34. The van der Waals surface area contributed by atoms with Crippen molar-refractivity contribution in [3.8, 4) is 0 Å². The number of unbranched alkanes of at least 4 members (excludes halogenated alkanes) is 1. The average molecular weight is 477 g/mol. The molecule has 0 saturated carbocycles. The van der Waals surface area contributed by atoms with E-state index in [9.17, 15) is 14.2 Å². The Hall–Kier alpha value is -2.65. The van der Waals surface area contributed by atoms with Gasteiger partial charge in [-0.3, -0.25) is 13.9 Å². The smallest absolute Gasteiger partial charge is 0.361 e. The minimum atomic E-state index is -2.19. The summed E-state index contributed by atoms with van der Waals surface area (Å²) < 4.78 is 31.8. The molecule has 178 valence electrons. The molecule has 1 unspecified atom stereocenters. The molecule has 1 aromatic carbocycles. The molecule has 3 rings (SSSR count). The van der Waals surface area contributed by atoms with Gasteiger partial charge in [-0.25, -0.2) is 9.78 Å². The lowest BCUT2D eigenvalue weighted by Gasteiger charge is -2.09. The normalized spacial score (nSPS) is 11.9. The van der Waals surface area contributed by atoms with Crippen LogP contribution in [-0.4, -0.2) is 38.5 Å². The Labute approximate surface area is 192 Å². The molecule has 3 aromatic rings. The molecule has 0 spiro atoms. The van der Waals surface area contributed by atoms with Crippen LogP contribution in [0, 0.1) is 0 Å². The highest BCUT2D eigenvalue weighted by Crippen LogP contribution is 2.24. The van der Waals surface area contributed by atoms with Crippen molar-refractivity contribution in [2.75, 3.05) is 19.8 Å². The maximum Gasteiger partial charge on any atom is 0.697 e. The third-order valence-corrected chi connectivity index (χ3v) is 5.95. The van der Waals surface area contributed by atoms with Crippen molar-refractivity contribution in [3.63, 3.8) is 0 Å². The first kappa shape index (κ1) is 25.0. The molecule has 2 aromatic heterocycles. The summed E-state index contributed by atoms with van der Waals surface area (Å²) in [6, 6.07) is 10.0. The molecule has 11 heteroatoms. The van der Waals surface area contributed by atoms with E-state index in [1.54, 1.807) is 11.6 Å². The van der Waals surface area contributed by atoms with Gasteiger partial charge in [0.1, 0.15) is 19.9 Å². The number of hydrogen-bond donors (Lipinski definition) is 0. The number of benzene rings is 1. The number of rotatable bonds is 14. The molecule has 0 aliphatic heterocycles. The first-order chi connectivity index (χ1) is 16.0. The monoisotopic (exact) mass is 477 g/mol. The summed E-state index contributed by atoms with van der Waals surface area (Å²) in [5.41, 5.74) is 1.03. The number of nitrogens with zero attached hydrogens (tertiary/aromatic N) is 4. The van der Waals surface area contributed by atoms with Gasteiger partial charge in [-0.2, -0.15) is 0 Å². The molecule has 0 radical (unpaired) electrons. The number of aromatic nitrogens is 4. The molecule has 0 bridgehead atoms. The van der Waals surface area contributed by atoms with Crippen LogP contribution in [0.3, 0.4) is 0 Å². The standard InChI is InChI=1S/C22H30N4O6P/c1-3-30-17-25-16-23-20-19(25)21(27)26(22(28)24(20)2)13-7-8-14-31-33(29)32-15-9-12-18-10-5-4-6-11-18/h4-6,10-11,16H,3,7-9,12-15,17H2,1-2H3/q+1. The Kier molecular flexibility index (Phi) is 9.50. The zero-order valence-electron chi connectivity index (χ0n) is 19.0. The van der Waals surface area contributed by atoms with Gasteiger partial charge in [-0.1, -0.05) is 30.3 Å². The second-order valence-electron chi connectivity index (χ2n) is 7.49. The van der Waals surface area contributed by atoms with Crippen LogP contribution in [0.4, 0.5) is 0 Å². The van der Waals surface area contributed by atoms with E-state index in [1.165, 1.54) is 21.0 Å². The van der Waals surface area contributed by atoms with Crippen molar-refractivity contribution in [2.45, 2.75) is 45.9 Å². The average Bonchev–Trinajstić information content (AvgIpc) is 3.25. The second-order valence-corrected chi connectivity index (χ2v) is 8.46. The van der Waals surface area contributed by atoms with Crippen LogP contribution in [0.2, 0.25) is 0 Å². The molecule has 10 nitrogen and oxygen atoms in total. The van der Waals surface area contributed by atoms with Crippen LogP contribution in [0.1, 0.15) is 31.7 Å². The molecular formula is C22H30N4O6P+. The third-order valence-electron chi connectivity index (χ3n) is 5.16. The number of ether oxygens (including phenoxy) is 1. The second kappa shape index (κ2) is 12.6. The van der Waals surface area contributed by atoms with E-state index in [0.29, 0.717) is 37.2 Å². The maximum absolute atomic E-state index is 12.9. The van der Waals surface area contributed by atoms with Crippen LogP contribution in [0.5, 0.6) is 0 Å². The van der Waals surface area contributed by atoms with Crippen molar-refractivity contribution in [2.24, 2.45) is 7.05 Å². The van der Waals surface area contributed by atoms with Gasteiger partial charge >= 0.3 is 13.9 Å². The fourth-order valence-electron chi connectivity index (χ4n) is 3.42. The van der Waals surface area contributed by atoms with E-state index in [2.05, 4.69) is 4.98 Å². The maximum atomic E-state index is 12.9. The van der Waals surface area contributed by atoms with Gasteiger partial charge in [-0.05, 0) is 38.2 Å². The van der Waals surface area contributed by atoms with E-state index >= 15 is 0 Å². The van der Waals surface area contributed by atoms with Gasteiger partial charge in [0.05, 0.1) is 6.33 Å². The summed E-state index contributed by atoms with van der Waals surface area (Å²) in [6.07, 6.45) is 4.14. The molecule has 33 heavy (non-hydrogen) atoms. The van der Waals surface area contributed by atoms with Gasteiger partial charge < -0.3 is 9.30 Å². The van der Waals surface area contributed by atoms with Gasteiger partial charge in [0.2, 0.25) is 0 Å². The van der Waals surface area contributed by atoms with E-state index in [0.717, 1.165) is 12.8 Å². The van der Waals surface area contributed by atoms with E-state index in [-0.39, 0.29) is 19.9 Å². The fourth-order valence-corrected chi connectivity index (χ4v) is 4.05. The lowest BCUT2D eigenvalue weighted by Crippen LogP contribution is -2.39. The van der Waals surface area contributed by atoms with Crippen LogP contribution >= 0.6 is 8.25 Å². The Morgan fingerprint density at radius 1 is 1.03 bits per heavy atom. The Balaban J connectivity index is 1.44. The van der Waals surface area contributed by atoms with Gasteiger partial charge in [0, 0.05) is 24.8 Å². The first-order valence-corrected chi connectivity index (χ1v) is 12.1. The minimum Gasteiger partial charge on any atom is -0.361 e. The predicted octanol–water partition coefficient (Wildman–Crippen LogP) is 2.99. The molecule has 0 aliphatic carbocycles. The molecule has 0 fully saturated rings. The topological polar surface area (TPSA) is 107 Å². The molecular weight excluding hydrogens is 447 g/mol. The van der Waals surface area contributed by atoms with E-state index in [4.69, 9.17) is 13.8 Å². The van der Waals surface area contributed by atoms with Gasteiger partial charge in [0.25, 0.3) is 5.56 Å². The zero-order valence-corrected chi connectivity index (χ0v) is 19.9. The molecule has 0 N–H and O–H groups in total. The summed E-state index contributed by atoms with van der Waals surface area (Å²) in [7, 11) is -0.602. The molecule has 2 heterocycles. The number of hydrogen-bond acceptors (Lipinski definition) is 7. The van der Waals surface area contributed by atoms with E-state index in [1.807, 2.05) is 37.3 Å². The van der Waals surface area contributed by atoms with Crippen LogP contribution in [0.25, 0.3) is 11.2 Å². The van der Waals surface area contributed by atoms with Crippen molar-refractivity contribution >= 4 is 19.4 Å². The van der Waals surface area contributed by atoms with Crippen molar-refractivity contribution in [1.29, 1.82) is 0 Å². The minimum absolute atomic E-state index is 0.187. The van der Waals surface area contributed by atoms with Crippen molar-refractivity contribution in [1.82, 2.24) is 18.7 Å². The SMILES string of the molecule is CCOCn1cnc2c1c(=O)n(CCCCO[P+](=O)OCCCc1ccccc1)c(=O)n2C. The highest BCUT2D eigenvalue weighted by molar-refractivity contribution is 7.33. The molecule has 0 amide bonds. The Morgan fingerprint density at radius 3 is 2.48 bits per heavy atom. The highest BCUT2D eigenvalue weighted by Gasteiger charge is 2.20. The molecule has 0 aliphatic rings. The van der Waals surface area contributed by atoms with Gasteiger partial charge in [0.15, 0.2) is 11.2 Å². The first-order valence-electron chi connectivity index (χ1n) is 11.0. The fraction of sp³-hybridized carbons (Fsp3) is 0.500.